The van der Waals surface area contributed by atoms with E-state index in [0.717, 1.165) is 0 Å². The van der Waals surface area contributed by atoms with Gasteiger partial charge in [0.1, 0.15) is 12.3 Å². The van der Waals surface area contributed by atoms with E-state index < -0.39 is 17.2 Å². The van der Waals surface area contributed by atoms with Crippen LogP contribution < -0.4 is 10.1 Å². The third-order valence-corrected chi connectivity index (χ3v) is 2.78. The molecule has 1 aliphatic heterocycles. The molecule has 6 nitrogen and oxygen atoms in total. The molecule has 0 aromatic carbocycles. The number of nitrogens with zero attached hydrogens (tertiary/aromatic N) is 2. The Labute approximate surface area is 103 Å². The number of aromatic nitrogens is 1. The minimum absolute atomic E-state index is 0.111. The van der Waals surface area contributed by atoms with E-state index in [2.05, 4.69) is 10.3 Å². The van der Waals surface area contributed by atoms with Crippen LogP contribution in [0, 0.1) is 17.0 Å². The van der Waals surface area contributed by atoms with Gasteiger partial charge in [-0.2, -0.15) is 0 Å². The summed E-state index contributed by atoms with van der Waals surface area (Å²) in [7, 11) is 0. The van der Waals surface area contributed by atoms with E-state index in [-0.39, 0.29) is 18.1 Å². The van der Waals surface area contributed by atoms with Gasteiger partial charge in [0.05, 0.1) is 4.92 Å². The molecule has 98 valence electrons. The molecule has 7 heteroatoms. The first kappa shape index (κ1) is 12.7. The van der Waals surface area contributed by atoms with Gasteiger partial charge in [-0.25, -0.2) is 9.37 Å². The van der Waals surface area contributed by atoms with E-state index in [1.807, 2.05) is 0 Å². The molecule has 1 aliphatic rings. The predicted molar refractivity (Wildman–Crippen MR) is 62.4 cm³/mol. The summed E-state index contributed by atoms with van der Waals surface area (Å²) in [5, 5.41) is 13.8. The van der Waals surface area contributed by atoms with Crippen LogP contribution in [0.25, 0.3) is 0 Å². The number of ether oxygens (including phenoxy) is 1. The number of hydrogen-bond acceptors (Lipinski definition) is 5. The van der Waals surface area contributed by atoms with Crippen LogP contribution in [0.15, 0.2) is 12.3 Å². The van der Waals surface area contributed by atoms with Crippen molar-refractivity contribution in [1.29, 1.82) is 0 Å². The van der Waals surface area contributed by atoms with E-state index in [1.54, 1.807) is 6.92 Å². The SMILES string of the molecule is Cc1cnc(OC2CCNCC2F)c([N+](=O)[O-])c1. The average Bonchev–Trinajstić information content (AvgIpc) is 2.34. The predicted octanol–water partition coefficient (Wildman–Crippen LogP) is 1.38. The molecular formula is C11H14FN3O3. The molecular weight excluding hydrogens is 241 g/mol. The zero-order valence-corrected chi connectivity index (χ0v) is 9.93. The van der Waals surface area contributed by atoms with Crippen LogP contribution in [0.4, 0.5) is 10.1 Å². The summed E-state index contributed by atoms with van der Waals surface area (Å²) in [5.74, 6) is -0.111. The van der Waals surface area contributed by atoms with Crippen molar-refractivity contribution in [3.05, 3.63) is 27.9 Å². The van der Waals surface area contributed by atoms with Crippen molar-refractivity contribution in [2.75, 3.05) is 13.1 Å². The normalized spacial score (nSPS) is 23.7. The first-order valence-electron chi connectivity index (χ1n) is 5.70. The lowest BCUT2D eigenvalue weighted by Gasteiger charge is -2.26. The maximum Gasteiger partial charge on any atom is 0.331 e. The van der Waals surface area contributed by atoms with Gasteiger partial charge in [0.15, 0.2) is 0 Å². The summed E-state index contributed by atoms with van der Waals surface area (Å²) in [6.07, 6.45) is 0.0754. The van der Waals surface area contributed by atoms with Crippen LogP contribution in [-0.4, -0.2) is 35.3 Å². The molecule has 0 spiro atoms. The summed E-state index contributed by atoms with van der Waals surface area (Å²) in [6.45, 7) is 2.53. The smallest absolute Gasteiger partial charge is 0.331 e. The van der Waals surface area contributed by atoms with Crippen LogP contribution in [-0.2, 0) is 0 Å². The van der Waals surface area contributed by atoms with Crippen molar-refractivity contribution in [3.63, 3.8) is 0 Å². The van der Waals surface area contributed by atoms with Gasteiger partial charge in [0.25, 0.3) is 5.88 Å². The second-order valence-corrected chi connectivity index (χ2v) is 4.26. The number of nitro groups is 1. The first-order valence-corrected chi connectivity index (χ1v) is 5.70. The summed E-state index contributed by atoms with van der Waals surface area (Å²) in [5.41, 5.74) is 0.442. The topological polar surface area (TPSA) is 77.3 Å². The number of nitrogens with one attached hydrogen (secondary N) is 1. The Morgan fingerprint density at radius 2 is 2.44 bits per heavy atom. The van der Waals surface area contributed by atoms with E-state index in [9.17, 15) is 14.5 Å². The molecule has 0 saturated carbocycles. The third-order valence-electron chi connectivity index (χ3n) is 2.78. The van der Waals surface area contributed by atoms with Crippen LogP contribution in [0.3, 0.4) is 0 Å². The number of alkyl halides is 1. The van der Waals surface area contributed by atoms with Crippen molar-refractivity contribution in [2.24, 2.45) is 0 Å². The maximum absolute atomic E-state index is 13.6. The lowest BCUT2D eigenvalue weighted by Crippen LogP contribution is -2.44. The van der Waals surface area contributed by atoms with Gasteiger partial charge < -0.3 is 10.1 Å². The first-order chi connectivity index (χ1) is 8.58. The third kappa shape index (κ3) is 2.73. The van der Waals surface area contributed by atoms with Crippen molar-refractivity contribution < 1.29 is 14.1 Å². The van der Waals surface area contributed by atoms with E-state index >= 15 is 0 Å². The number of pyridine rings is 1. The average molecular weight is 255 g/mol. The van der Waals surface area contributed by atoms with Gasteiger partial charge in [0, 0.05) is 18.8 Å². The Kier molecular flexibility index (Phi) is 3.71. The minimum atomic E-state index is -1.18. The second kappa shape index (κ2) is 5.26. The summed E-state index contributed by atoms with van der Waals surface area (Å²) < 4.78 is 18.9. The molecule has 0 amide bonds. The lowest BCUT2D eigenvalue weighted by molar-refractivity contribution is -0.386. The highest BCUT2D eigenvalue weighted by Gasteiger charge is 2.29. The van der Waals surface area contributed by atoms with E-state index in [1.165, 1.54) is 12.3 Å². The Bertz CT molecular complexity index is 455. The highest BCUT2D eigenvalue weighted by molar-refractivity contribution is 5.42. The second-order valence-electron chi connectivity index (χ2n) is 4.26. The molecule has 0 bridgehead atoms. The molecule has 1 fully saturated rings. The zero-order valence-electron chi connectivity index (χ0n) is 9.93. The molecule has 2 rings (SSSR count). The lowest BCUT2D eigenvalue weighted by atomic mass is 10.1. The Hall–Kier alpha value is -1.76. The van der Waals surface area contributed by atoms with Crippen molar-refractivity contribution in [3.8, 4) is 5.88 Å². The fourth-order valence-electron chi connectivity index (χ4n) is 1.84. The summed E-state index contributed by atoms with van der Waals surface area (Å²) in [6, 6.07) is 1.37. The Morgan fingerprint density at radius 3 is 3.11 bits per heavy atom. The molecule has 2 heterocycles. The monoisotopic (exact) mass is 255 g/mol. The molecule has 1 aromatic heterocycles. The van der Waals surface area contributed by atoms with Crippen molar-refractivity contribution >= 4 is 5.69 Å². The van der Waals surface area contributed by atoms with Crippen LogP contribution in [0.1, 0.15) is 12.0 Å². The maximum atomic E-state index is 13.6. The number of rotatable bonds is 3. The quantitative estimate of drug-likeness (QED) is 0.652. The standard InChI is InChI=1S/C11H14FN3O3/c1-7-4-9(15(16)17)11(14-5-7)18-10-2-3-13-6-8(10)12/h4-5,8,10,13H,2-3,6H2,1H3. The van der Waals surface area contributed by atoms with Crippen LogP contribution in [0.5, 0.6) is 5.88 Å². The molecule has 2 atom stereocenters. The fourth-order valence-corrected chi connectivity index (χ4v) is 1.84. The minimum Gasteiger partial charge on any atom is -0.466 e. The largest absolute Gasteiger partial charge is 0.466 e. The van der Waals surface area contributed by atoms with E-state index in [0.29, 0.717) is 18.5 Å². The molecule has 1 saturated heterocycles. The highest BCUT2D eigenvalue weighted by Crippen LogP contribution is 2.27. The summed E-state index contributed by atoms with van der Waals surface area (Å²) >= 11 is 0. The number of hydrogen-bond donors (Lipinski definition) is 1. The number of halogens is 1. The highest BCUT2D eigenvalue weighted by atomic mass is 19.1. The van der Waals surface area contributed by atoms with Gasteiger partial charge >= 0.3 is 5.69 Å². The number of aryl methyl sites for hydroxylation is 1. The van der Waals surface area contributed by atoms with Gasteiger partial charge in [0.2, 0.25) is 0 Å². The van der Waals surface area contributed by atoms with Crippen molar-refractivity contribution in [1.82, 2.24) is 10.3 Å². The number of piperidine rings is 1. The van der Waals surface area contributed by atoms with Gasteiger partial charge in [-0.05, 0) is 25.5 Å². The van der Waals surface area contributed by atoms with Gasteiger partial charge in [-0.3, -0.25) is 10.1 Å². The molecule has 0 radical (unpaired) electrons. The molecule has 1 aromatic rings. The van der Waals surface area contributed by atoms with E-state index in [4.69, 9.17) is 4.74 Å². The molecule has 1 N–H and O–H groups in total. The zero-order chi connectivity index (χ0) is 13.1. The fraction of sp³-hybridized carbons (Fsp3) is 0.545. The summed E-state index contributed by atoms with van der Waals surface area (Å²) in [4.78, 5) is 14.2. The van der Waals surface area contributed by atoms with Crippen LogP contribution >= 0.6 is 0 Å². The molecule has 2 unspecified atom stereocenters. The molecule has 0 aliphatic carbocycles. The molecule has 18 heavy (non-hydrogen) atoms. The van der Waals surface area contributed by atoms with Gasteiger partial charge in [-0.1, -0.05) is 0 Å². The van der Waals surface area contributed by atoms with Gasteiger partial charge in [-0.15, -0.1) is 0 Å². The Balaban J connectivity index is 2.20. The van der Waals surface area contributed by atoms with Crippen LogP contribution in [0.2, 0.25) is 0 Å². The Morgan fingerprint density at radius 1 is 1.67 bits per heavy atom. The van der Waals surface area contributed by atoms with Crippen molar-refractivity contribution in [2.45, 2.75) is 25.6 Å².